The average Bonchev–Trinajstić information content (AvgIpc) is 3.00. The Morgan fingerprint density at radius 1 is 0.840 bits per heavy atom. The molecular formula is C20H17NO4. The quantitative estimate of drug-likeness (QED) is 0.617. The molecule has 3 rings (SSSR count). The van der Waals surface area contributed by atoms with Gasteiger partial charge in [-0.1, -0.05) is 24.3 Å². The summed E-state index contributed by atoms with van der Waals surface area (Å²) < 4.78 is 15.4. The van der Waals surface area contributed by atoms with Crippen LogP contribution in [0.1, 0.15) is 11.1 Å². The second kappa shape index (κ2) is 7.49. The maximum absolute atomic E-state index is 11.9. The van der Waals surface area contributed by atoms with Gasteiger partial charge in [0.15, 0.2) is 5.70 Å². The van der Waals surface area contributed by atoms with E-state index in [9.17, 15) is 4.79 Å². The van der Waals surface area contributed by atoms with Crippen molar-refractivity contribution in [1.82, 2.24) is 0 Å². The Balaban J connectivity index is 1.74. The van der Waals surface area contributed by atoms with Gasteiger partial charge >= 0.3 is 5.97 Å². The van der Waals surface area contributed by atoms with Crippen LogP contribution in [0.5, 0.6) is 11.5 Å². The van der Waals surface area contributed by atoms with Gasteiger partial charge in [-0.25, -0.2) is 9.79 Å². The normalized spacial score (nSPS) is 15.4. The molecule has 1 heterocycles. The molecule has 25 heavy (non-hydrogen) atoms. The van der Waals surface area contributed by atoms with Gasteiger partial charge in [-0.3, -0.25) is 0 Å². The lowest BCUT2D eigenvalue weighted by Gasteiger charge is -1.99. The Hall–Kier alpha value is -3.34. The Morgan fingerprint density at radius 3 is 1.96 bits per heavy atom. The van der Waals surface area contributed by atoms with Gasteiger partial charge in [-0.05, 0) is 47.5 Å². The number of nitrogens with zero attached hydrogens (tertiary/aromatic N) is 1. The number of benzene rings is 2. The molecule has 0 aliphatic carbocycles. The Bertz CT molecular complexity index is 846. The van der Waals surface area contributed by atoms with E-state index in [1.165, 1.54) is 0 Å². The van der Waals surface area contributed by atoms with Gasteiger partial charge in [0.1, 0.15) is 11.5 Å². The topological polar surface area (TPSA) is 57.1 Å². The van der Waals surface area contributed by atoms with E-state index in [2.05, 4.69) is 4.99 Å². The second-order valence-electron chi connectivity index (χ2n) is 5.25. The highest BCUT2D eigenvalue weighted by atomic mass is 16.6. The first-order valence-electron chi connectivity index (χ1n) is 7.67. The van der Waals surface area contributed by atoms with Gasteiger partial charge < -0.3 is 14.2 Å². The van der Waals surface area contributed by atoms with E-state index in [-0.39, 0.29) is 11.6 Å². The zero-order chi connectivity index (χ0) is 17.6. The largest absolute Gasteiger partial charge is 0.497 e. The number of carbonyl (C=O) groups excluding carboxylic acids is 1. The van der Waals surface area contributed by atoms with Gasteiger partial charge in [-0.15, -0.1) is 0 Å². The molecule has 0 atom stereocenters. The number of hydrogen-bond donors (Lipinski definition) is 0. The number of methoxy groups -OCH3 is 2. The zero-order valence-electron chi connectivity index (χ0n) is 13.9. The maximum Gasteiger partial charge on any atom is 0.363 e. The number of aliphatic imine (C=N–C) groups is 1. The SMILES string of the molecule is COc1ccc(C=C2N=C(/C=C/c3ccc(OC)cc3)OC2=O)cc1. The minimum atomic E-state index is -0.467. The summed E-state index contributed by atoms with van der Waals surface area (Å²) >= 11 is 0. The number of rotatable bonds is 5. The van der Waals surface area contributed by atoms with Crippen molar-refractivity contribution in [2.45, 2.75) is 0 Å². The molecule has 0 radical (unpaired) electrons. The first kappa shape index (κ1) is 16.5. The highest BCUT2D eigenvalue weighted by Crippen LogP contribution is 2.19. The van der Waals surface area contributed by atoms with Crippen LogP contribution in [0, 0.1) is 0 Å². The van der Waals surface area contributed by atoms with E-state index >= 15 is 0 Å². The number of carbonyl (C=O) groups is 1. The number of ether oxygens (including phenoxy) is 3. The minimum absolute atomic E-state index is 0.263. The van der Waals surface area contributed by atoms with Crippen LogP contribution in [-0.4, -0.2) is 26.1 Å². The predicted octanol–water partition coefficient (Wildman–Crippen LogP) is 3.71. The van der Waals surface area contributed by atoms with Crippen molar-refractivity contribution in [1.29, 1.82) is 0 Å². The van der Waals surface area contributed by atoms with Gasteiger partial charge in [0.05, 0.1) is 14.2 Å². The molecule has 0 aromatic heterocycles. The fraction of sp³-hybridized carbons (Fsp3) is 0.100. The summed E-state index contributed by atoms with van der Waals surface area (Å²) in [5, 5.41) is 0. The molecule has 126 valence electrons. The predicted molar refractivity (Wildman–Crippen MR) is 96.5 cm³/mol. The lowest BCUT2D eigenvalue weighted by atomic mass is 10.2. The van der Waals surface area contributed by atoms with Gasteiger partial charge in [0, 0.05) is 6.08 Å². The van der Waals surface area contributed by atoms with Gasteiger partial charge in [-0.2, -0.15) is 0 Å². The smallest absolute Gasteiger partial charge is 0.363 e. The van der Waals surface area contributed by atoms with E-state index in [0.717, 1.165) is 22.6 Å². The third-order valence-electron chi connectivity index (χ3n) is 3.59. The minimum Gasteiger partial charge on any atom is -0.497 e. The summed E-state index contributed by atoms with van der Waals surface area (Å²) in [6, 6.07) is 14.9. The molecule has 5 nitrogen and oxygen atoms in total. The van der Waals surface area contributed by atoms with E-state index in [0.29, 0.717) is 0 Å². The molecule has 1 aliphatic rings. The monoisotopic (exact) mass is 335 g/mol. The summed E-state index contributed by atoms with van der Waals surface area (Å²) in [7, 11) is 3.22. The molecular weight excluding hydrogens is 318 g/mol. The number of cyclic esters (lactones) is 1. The third kappa shape index (κ3) is 4.14. The molecule has 0 bridgehead atoms. The van der Waals surface area contributed by atoms with Crippen molar-refractivity contribution < 1.29 is 19.0 Å². The Kier molecular flexibility index (Phi) is 4.95. The van der Waals surface area contributed by atoms with Crippen LogP contribution < -0.4 is 9.47 Å². The molecule has 2 aromatic carbocycles. The molecule has 0 spiro atoms. The molecule has 5 heteroatoms. The summed E-state index contributed by atoms with van der Waals surface area (Å²) in [5.41, 5.74) is 2.06. The van der Waals surface area contributed by atoms with E-state index < -0.39 is 5.97 Å². The Morgan fingerprint density at radius 2 is 1.40 bits per heavy atom. The van der Waals surface area contributed by atoms with E-state index in [4.69, 9.17) is 14.2 Å². The summed E-state index contributed by atoms with van der Waals surface area (Å²) in [4.78, 5) is 16.1. The van der Waals surface area contributed by atoms with Crippen LogP contribution >= 0.6 is 0 Å². The molecule has 0 unspecified atom stereocenters. The highest BCUT2D eigenvalue weighted by Gasteiger charge is 2.21. The molecule has 0 fully saturated rings. The fourth-order valence-electron chi connectivity index (χ4n) is 2.24. The lowest BCUT2D eigenvalue weighted by Crippen LogP contribution is -2.01. The van der Waals surface area contributed by atoms with Crippen LogP contribution in [0.15, 0.2) is 65.3 Å². The molecule has 0 saturated heterocycles. The van der Waals surface area contributed by atoms with Crippen molar-refractivity contribution in [2.24, 2.45) is 4.99 Å². The molecule has 0 N–H and O–H groups in total. The Labute approximate surface area is 145 Å². The average molecular weight is 335 g/mol. The van der Waals surface area contributed by atoms with Crippen molar-refractivity contribution in [3.05, 3.63) is 71.4 Å². The van der Waals surface area contributed by atoms with Crippen LogP contribution in [-0.2, 0) is 9.53 Å². The fourth-order valence-corrected chi connectivity index (χ4v) is 2.24. The van der Waals surface area contributed by atoms with Crippen molar-refractivity contribution in [2.75, 3.05) is 14.2 Å². The van der Waals surface area contributed by atoms with Crippen molar-refractivity contribution in [3.8, 4) is 11.5 Å². The second-order valence-corrected chi connectivity index (χ2v) is 5.25. The molecule has 2 aromatic rings. The molecule has 1 aliphatic heterocycles. The summed E-state index contributed by atoms with van der Waals surface area (Å²) in [6.07, 6.45) is 5.16. The van der Waals surface area contributed by atoms with Crippen molar-refractivity contribution >= 4 is 24.0 Å². The molecule has 0 amide bonds. The third-order valence-corrected chi connectivity index (χ3v) is 3.59. The van der Waals surface area contributed by atoms with Crippen molar-refractivity contribution in [3.63, 3.8) is 0 Å². The number of hydrogen-bond acceptors (Lipinski definition) is 5. The molecule has 0 saturated carbocycles. The first-order chi connectivity index (χ1) is 12.2. The summed E-state index contributed by atoms with van der Waals surface area (Å²) in [5.74, 6) is 1.33. The standard InChI is InChI=1S/C20H17NO4/c1-23-16-8-3-14(4-9-16)7-12-19-21-18(20(22)25-19)13-15-5-10-17(24-2)11-6-15/h3-13H,1-2H3/b12-7+,18-13?. The van der Waals surface area contributed by atoms with Crippen LogP contribution in [0.25, 0.3) is 12.2 Å². The van der Waals surface area contributed by atoms with Crippen LogP contribution in [0.2, 0.25) is 0 Å². The van der Waals surface area contributed by atoms with Gasteiger partial charge in [0.2, 0.25) is 5.90 Å². The first-order valence-corrected chi connectivity index (χ1v) is 7.67. The lowest BCUT2D eigenvalue weighted by molar-refractivity contribution is -0.129. The highest BCUT2D eigenvalue weighted by molar-refractivity contribution is 6.11. The van der Waals surface area contributed by atoms with Crippen LogP contribution in [0.4, 0.5) is 0 Å². The van der Waals surface area contributed by atoms with Crippen LogP contribution in [0.3, 0.4) is 0 Å². The summed E-state index contributed by atoms with van der Waals surface area (Å²) in [6.45, 7) is 0. The van der Waals surface area contributed by atoms with E-state index in [1.54, 1.807) is 26.4 Å². The number of esters is 1. The zero-order valence-corrected chi connectivity index (χ0v) is 13.9. The van der Waals surface area contributed by atoms with E-state index in [1.807, 2.05) is 54.6 Å². The van der Waals surface area contributed by atoms with Gasteiger partial charge in [0.25, 0.3) is 0 Å². The maximum atomic E-state index is 11.9.